The third-order valence-electron chi connectivity index (χ3n) is 2.58. The van der Waals surface area contributed by atoms with Gasteiger partial charge in [-0.2, -0.15) is 11.3 Å². The highest BCUT2D eigenvalue weighted by Gasteiger charge is 2.09. The molecular formula is C11H10N6O2S. The Kier molecular flexibility index (Phi) is 3.17. The van der Waals surface area contributed by atoms with Crippen LogP contribution in [-0.2, 0) is 6.54 Å². The molecule has 0 bridgehead atoms. The lowest BCUT2D eigenvalue weighted by Gasteiger charge is -1.99. The van der Waals surface area contributed by atoms with Crippen molar-refractivity contribution in [1.29, 1.82) is 0 Å². The summed E-state index contributed by atoms with van der Waals surface area (Å²) in [7, 11) is 0. The van der Waals surface area contributed by atoms with Crippen molar-refractivity contribution in [3.8, 4) is 5.69 Å². The lowest BCUT2D eigenvalue weighted by molar-refractivity contribution is 0.0946. The number of amides is 1. The number of rotatable bonds is 4. The second-order valence-electron chi connectivity index (χ2n) is 3.98. The smallest absolute Gasteiger partial charge is 0.323 e. The molecule has 3 N–H and O–H groups in total. The van der Waals surface area contributed by atoms with Gasteiger partial charge in [-0.25, -0.2) is 9.48 Å². The summed E-state index contributed by atoms with van der Waals surface area (Å²) in [6.07, 6.45) is 3.06. The van der Waals surface area contributed by atoms with E-state index in [1.165, 1.54) is 6.20 Å². The largest absolute Gasteiger partial charge is 0.345 e. The monoisotopic (exact) mass is 290 g/mol. The first-order valence-electron chi connectivity index (χ1n) is 5.72. The molecule has 0 aliphatic rings. The number of H-pyrrole nitrogens is 2. The Balaban J connectivity index is 1.64. The lowest BCUT2D eigenvalue weighted by atomic mass is 10.4. The number of carbonyl (C=O) groups excluding carboxylic acids is 1. The van der Waals surface area contributed by atoms with Gasteiger partial charge >= 0.3 is 5.69 Å². The van der Waals surface area contributed by atoms with Crippen molar-refractivity contribution in [1.82, 2.24) is 30.3 Å². The molecule has 9 heteroatoms. The van der Waals surface area contributed by atoms with E-state index in [0.717, 1.165) is 5.69 Å². The average Bonchev–Trinajstić information content (AvgIpc) is 3.16. The molecule has 0 spiro atoms. The Bertz CT molecular complexity index is 769. The van der Waals surface area contributed by atoms with Crippen LogP contribution >= 0.6 is 11.3 Å². The quantitative estimate of drug-likeness (QED) is 0.641. The predicted molar refractivity (Wildman–Crippen MR) is 71.8 cm³/mol. The fourth-order valence-corrected chi connectivity index (χ4v) is 2.24. The first-order chi connectivity index (χ1) is 9.72. The zero-order chi connectivity index (χ0) is 13.9. The molecule has 0 aliphatic heterocycles. The topological polar surface area (TPSA) is 108 Å². The Morgan fingerprint density at radius 3 is 3.10 bits per heavy atom. The highest BCUT2D eigenvalue weighted by Crippen LogP contribution is 2.10. The lowest BCUT2D eigenvalue weighted by Crippen LogP contribution is -2.23. The van der Waals surface area contributed by atoms with Crippen molar-refractivity contribution in [2.45, 2.75) is 6.54 Å². The minimum atomic E-state index is -0.418. The number of thiophene rings is 1. The summed E-state index contributed by atoms with van der Waals surface area (Å²) in [5, 5.41) is 14.5. The molecule has 1 amide bonds. The van der Waals surface area contributed by atoms with Crippen LogP contribution in [0.1, 0.15) is 16.2 Å². The number of imidazole rings is 1. The predicted octanol–water partition coefficient (Wildman–Crippen LogP) is 0.275. The van der Waals surface area contributed by atoms with E-state index >= 15 is 0 Å². The molecule has 20 heavy (non-hydrogen) atoms. The number of hydrogen-bond donors (Lipinski definition) is 3. The van der Waals surface area contributed by atoms with Gasteiger partial charge in [-0.1, -0.05) is 5.21 Å². The minimum absolute atomic E-state index is 0.181. The molecule has 0 fully saturated rings. The number of nitrogens with one attached hydrogen (secondary N) is 3. The Hall–Kier alpha value is -2.68. The van der Waals surface area contributed by atoms with Crippen LogP contribution in [0.2, 0.25) is 0 Å². The van der Waals surface area contributed by atoms with E-state index in [4.69, 9.17) is 0 Å². The number of nitrogens with zero attached hydrogens (tertiary/aromatic N) is 3. The summed E-state index contributed by atoms with van der Waals surface area (Å²) < 4.78 is 1.64. The second-order valence-corrected chi connectivity index (χ2v) is 4.76. The number of hydrogen-bond acceptors (Lipinski definition) is 5. The zero-order valence-electron chi connectivity index (χ0n) is 10.2. The summed E-state index contributed by atoms with van der Waals surface area (Å²) in [5.41, 5.74) is 1.32. The second kappa shape index (κ2) is 5.13. The van der Waals surface area contributed by atoms with E-state index in [1.54, 1.807) is 22.2 Å². The summed E-state index contributed by atoms with van der Waals surface area (Å²) in [5.74, 6) is -0.381. The summed E-state index contributed by atoms with van der Waals surface area (Å²) in [6, 6.07) is 1.92. The summed E-state index contributed by atoms with van der Waals surface area (Å²) >= 11 is 1.57. The van der Waals surface area contributed by atoms with Crippen LogP contribution in [0.4, 0.5) is 0 Å². The minimum Gasteiger partial charge on any atom is -0.345 e. The van der Waals surface area contributed by atoms with Crippen LogP contribution in [0, 0.1) is 0 Å². The number of aromatic nitrogens is 5. The summed E-state index contributed by atoms with van der Waals surface area (Å²) in [4.78, 5) is 27.3. The molecule has 0 atom stereocenters. The maximum atomic E-state index is 11.7. The SMILES string of the molecule is O=C(NCc1cn(-c2ccsc2)nn1)c1c[nH]c(=O)[nH]1. The first kappa shape index (κ1) is 12.4. The molecule has 3 aromatic rings. The van der Waals surface area contributed by atoms with Gasteiger partial charge < -0.3 is 15.3 Å². The van der Waals surface area contributed by atoms with Crippen molar-refractivity contribution in [2.75, 3.05) is 0 Å². The van der Waals surface area contributed by atoms with E-state index in [9.17, 15) is 9.59 Å². The van der Waals surface area contributed by atoms with Gasteiger partial charge in [-0.15, -0.1) is 5.10 Å². The van der Waals surface area contributed by atoms with E-state index in [-0.39, 0.29) is 18.1 Å². The Morgan fingerprint density at radius 1 is 1.50 bits per heavy atom. The van der Waals surface area contributed by atoms with Crippen LogP contribution < -0.4 is 11.0 Å². The molecule has 3 heterocycles. The average molecular weight is 290 g/mol. The zero-order valence-corrected chi connectivity index (χ0v) is 11.0. The number of aromatic amines is 2. The van der Waals surface area contributed by atoms with E-state index in [1.807, 2.05) is 16.8 Å². The van der Waals surface area contributed by atoms with E-state index in [2.05, 4.69) is 25.6 Å². The molecule has 8 nitrogen and oxygen atoms in total. The third kappa shape index (κ3) is 2.52. The van der Waals surface area contributed by atoms with Gasteiger partial charge in [0.05, 0.1) is 18.4 Å². The van der Waals surface area contributed by atoms with Gasteiger partial charge in [0.2, 0.25) is 0 Å². The third-order valence-corrected chi connectivity index (χ3v) is 3.25. The Morgan fingerprint density at radius 2 is 2.40 bits per heavy atom. The Labute approximate surface area is 116 Å². The maximum Gasteiger partial charge on any atom is 0.323 e. The van der Waals surface area contributed by atoms with Crippen molar-refractivity contribution in [2.24, 2.45) is 0 Å². The van der Waals surface area contributed by atoms with Crippen molar-refractivity contribution in [3.05, 3.63) is 51.1 Å². The molecule has 3 aromatic heterocycles. The van der Waals surface area contributed by atoms with Gasteiger partial charge in [0.25, 0.3) is 5.91 Å². The fourth-order valence-electron chi connectivity index (χ4n) is 1.61. The van der Waals surface area contributed by atoms with Crippen LogP contribution in [0.5, 0.6) is 0 Å². The first-order valence-corrected chi connectivity index (χ1v) is 6.66. The highest BCUT2D eigenvalue weighted by atomic mass is 32.1. The van der Waals surface area contributed by atoms with Gasteiger partial charge in [0.15, 0.2) is 0 Å². The van der Waals surface area contributed by atoms with Gasteiger partial charge in [-0.3, -0.25) is 4.79 Å². The molecule has 102 valence electrons. The van der Waals surface area contributed by atoms with Crippen LogP contribution in [-0.4, -0.2) is 30.9 Å². The standard InChI is InChI=1S/C11H10N6O2S/c18-10(9-4-13-11(19)14-9)12-3-7-5-17(16-15-7)8-1-2-20-6-8/h1-2,4-6H,3H2,(H,12,18)(H2,13,14,19). The van der Waals surface area contributed by atoms with Crippen LogP contribution in [0.15, 0.2) is 34.0 Å². The molecule has 0 radical (unpaired) electrons. The number of carbonyl (C=O) groups is 1. The van der Waals surface area contributed by atoms with Gasteiger partial charge in [-0.05, 0) is 11.4 Å². The fraction of sp³-hybridized carbons (Fsp3) is 0.0909. The molecule has 3 rings (SSSR count). The van der Waals surface area contributed by atoms with Crippen molar-refractivity contribution < 1.29 is 4.79 Å². The molecule has 0 aromatic carbocycles. The molecule has 0 unspecified atom stereocenters. The molecule has 0 aliphatic carbocycles. The van der Waals surface area contributed by atoms with Crippen molar-refractivity contribution >= 4 is 17.2 Å². The van der Waals surface area contributed by atoms with Crippen molar-refractivity contribution in [3.63, 3.8) is 0 Å². The van der Waals surface area contributed by atoms with Crippen LogP contribution in [0.25, 0.3) is 5.69 Å². The molecule has 0 saturated heterocycles. The normalized spacial score (nSPS) is 10.6. The van der Waals surface area contributed by atoms with E-state index < -0.39 is 5.69 Å². The maximum absolute atomic E-state index is 11.7. The highest BCUT2D eigenvalue weighted by molar-refractivity contribution is 7.08. The van der Waals surface area contributed by atoms with Gasteiger partial charge in [0, 0.05) is 11.6 Å². The molecular weight excluding hydrogens is 280 g/mol. The molecule has 0 saturated carbocycles. The summed E-state index contributed by atoms with van der Waals surface area (Å²) in [6.45, 7) is 0.232. The van der Waals surface area contributed by atoms with Gasteiger partial charge in [0.1, 0.15) is 11.4 Å². The van der Waals surface area contributed by atoms with E-state index in [0.29, 0.717) is 5.69 Å². The van der Waals surface area contributed by atoms with Crippen LogP contribution in [0.3, 0.4) is 0 Å².